The number of ether oxygens (including phenoxy) is 1. The van der Waals surface area contributed by atoms with E-state index in [-0.39, 0.29) is 18.6 Å². The Morgan fingerprint density at radius 2 is 2.20 bits per heavy atom. The maximum atomic E-state index is 11.9. The van der Waals surface area contributed by atoms with Gasteiger partial charge in [-0.3, -0.25) is 4.79 Å². The molecule has 1 saturated carbocycles. The van der Waals surface area contributed by atoms with Crippen LogP contribution in [0.25, 0.3) is 0 Å². The smallest absolute Gasteiger partial charge is 0.250 e. The molecule has 0 radical (unpaired) electrons. The molecule has 2 atom stereocenters. The van der Waals surface area contributed by atoms with Gasteiger partial charge >= 0.3 is 0 Å². The number of rotatable bonds is 5. The second-order valence-electron chi connectivity index (χ2n) is 5.19. The third-order valence-corrected chi connectivity index (χ3v) is 3.91. The topological polar surface area (TPSA) is 64.3 Å². The van der Waals surface area contributed by atoms with Crippen molar-refractivity contribution in [3.05, 3.63) is 29.3 Å². The zero-order chi connectivity index (χ0) is 14.4. The molecule has 4 nitrogen and oxygen atoms in total. The van der Waals surface area contributed by atoms with Gasteiger partial charge in [0.15, 0.2) is 0 Å². The number of nitrogens with two attached hydrogens (primary N) is 1. The summed E-state index contributed by atoms with van der Waals surface area (Å²) in [4.78, 5) is 11.9. The molecule has 0 aliphatic heterocycles. The average Bonchev–Trinajstić information content (AvgIpc) is 2.45. The van der Waals surface area contributed by atoms with Crippen LogP contribution in [0.15, 0.2) is 24.3 Å². The fraction of sp³-hybridized carbons (Fsp3) is 0.533. The minimum absolute atomic E-state index is 0.0632. The summed E-state index contributed by atoms with van der Waals surface area (Å²) >= 11 is 5.87. The highest BCUT2D eigenvalue weighted by Crippen LogP contribution is 2.26. The normalized spacial score (nSPS) is 22.5. The summed E-state index contributed by atoms with van der Waals surface area (Å²) in [5.74, 6) is 0.219. The zero-order valence-electron chi connectivity index (χ0n) is 11.5. The minimum atomic E-state index is -0.159. The molecule has 0 bridgehead atoms. The lowest BCUT2D eigenvalue weighted by molar-refractivity contribution is -0.124. The summed E-state index contributed by atoms with van der Waals surface area (Å²) in [5, 5.41) is 3.37. The Balaban J connectivity index is 1.79. The van der Waals surface area contributed by atoms with Crippen LogP contribution in [-0.2, 0) is 9.53 Å². The van der Waals surface area contributed by atoms with Crippen molar-refractivity contribution < 1.29 is 9.53 Å². The molecule has 0 saturated heterocycles. The molecule has 1 aliphatic rings. The molecular formula is C15H21ClN2O2. The fourth-order valence-electron chi connectivity index (χ4n) is 2.61. The van der Waals surface area contributed by atoms with E-state index < -0.39 is 0 Å². The summed E-state index contributed by atoms with van der Waals surface area (Å²) in [6.45, 7) is 0.689. The van der Waals surface area contributed by atoms with Crippen molar-refractivity contribution in [2.45, 2.75) is 31.8 Å². The van der Waals surface area contributed by atoms with Gasteiger partial charge in [0.25, 0.3) is 0 Å². The van der Waals surface area contributed by atoms with Gasteiger partial charge in [0, 0.05) is 10.7 Å². The van der Waals surface area contributed by atoms with Crippen LogP contribution >= 0.6 is 11.6 Å². The summed E-state index contributed by atoms with van der Waals surface area (Å²) in [6.07, 6.45) is 4.55. The number of hydrogen-bond donors (Lipinski definition) is 2. The molecule has 20 heavy (non-hydrogen) atoms. The molecule has 0 spiro atoms. The van der Waals surface area contributed by atoms with E-state index >= 15 is 0 Å². The van der Waals surface area contributed by atoms with Crippen LogP contribution in [0.5, 0.6) is 0 Å². The maximum absolute atomic E-state index is 11.9. The molecule has 1 aromatic rings. The zero-order valence-corrected chi connectivity index (χ0v) is 12.2. The molecule has 0 aromatic heterocycles. The molecule has 1 aliphatic carbocycles. The first-order valence-electron chi connectivity index (χ1n) is 7.06. The van der Waals surface area contributed by atoms with Crippen LogP contribution in [0, 0.1) is 5.92 Å². The van der Waals surface area contributed by atoms with E-state index in [2.05, 4.69) is 5.32 Å². The van der Waals surface area contributed by atoms with Gasteiger partial charge in [-0.1, -0.05) is 30.5 Å². The number of nitrogens with one attached hydrogen (secondary N) is 1. The van der Waals surface area contributed by atoms with Crippen molar-refractivity contribution >= 4 is 23.2 Å². The number of carbonyl (C=O) groups excluding carboxylic acids is 1. The Kier molecular flexibility index (Phi) is 5.83. The number of carbonyl (C=O) groups is 1. The van der Waals surface area contributed by atoms with E-state index in [9.17, 15) is 4.79 Å². The van der Waals surface area contributed by atoms with E-state index in [0.29, 0.717) is 23.2 Å². The Morgan fingerprint density at radius 1 is 1.40 bits per heavy atom. The monoisotopic (exact) mass is 296 g/mol. The highest BCUT2D eigenvalue weighted by Gasteiger charge is 2.25. The fourth-order valence-corrected chi connectivity index (χ4v) is 2.80. The van der Waals surface area contributed by atoms with E-state index in [1.165, 1.54) is 6.42 Å². The molecule has 1 aromatic carbocycles. The van der Waals surface area contributed by atoms with Gasteiger partial charge in [0.2, 0.25) is 5.91 Å². The SMILES string of the molecule is NCC1CCCCC1OCC(=O)Nc1cccc(Cl)c1. The quantitative estimate of drug-likeness (QED) is 0.878. The van der Waals surface area contributed by atoms with Crippen molar-refractivity contribution in [1.29, 1.82) is 0 Å². The molecule has 0 heterocycles. The van der Waals surface area contributed by atoms with Crippen molar-refractivity contribution in [2.24, 2.45) is 11.7 Å². The van der Waals surface area contributed by atoms with Crippen molar-refractivity contribution in [2.75, 3.05) is 18.5 Å². The predicted molar refractivity (Wildman–Crippen MR) is 80.8 cm³/mol. The van der Waals surface area contributed by atoms with Gasteiger partial charge < -0.3 is 15.8 Å². The summed E-state index contributed by atoms with van der Waals surface area (Å²) in [7, 11) is 0. The summed E-state index contributed by atoms with van der Waals surface area (Å²) in [6, 6.07) is 7.07. The van der Waals surface area contributed by atoms with Crippen molar-refractivity contribution in [3.8, 4) is 0 Å². The standard InChI is InChI=1S/C15H21ClN2O2/c16-12-5-3-6-13(8-12)18-15(19)10-20-14-7-2-1-4-11(14)9-17/h3,5-6,8,11,14H,1-2,4,7,9-10,17H2,(H,18,19). The molecule has 1 fully saturated rings. The largest absolute Gasteiger partial charge is 0.368 e. The Bertz CT molecular complexity index is 453. The number of benzene rings is 1. The Morgan fingerprint density at radius 3 is 2.95 bits per heavy atom. The number of halogens is 1. The lowest BCUT2D eigenvalue weighted by Crippen LogP contribution is -2.35. The van der Waals surface area contributed by atoms with Gasteiger partial charge in [0.05, 0.1) is 6.10 Å². The van der Waals surface area contributed by atoms with E-state index in [4.69, 9.17) is 22.1 Å². The summed E-state index contributed by atoms with van der Waals surface area (Å²) in [5.41, 5.74) is 6.43. The number of anilines is 1. The Hall–Kier alpha value is -1.10. The van der Waals surface area contributed by atoms with Crippen LogP contribution in [-0.4, -0.2) is 25.2 Å². The van der Waals surface area contributed by atoms with Crippen molar-refractivity contribution in [1.82, 2.24) is 0 Å². The highest BCUT2D eigenvalue weighted by atomic mass is 35.5. The molecular weight excluding hydrogens is 276 g/mol. The van der Waals surface area contributed by atoms with Gasteiger partial charge in [-0.15, -0.1) is 0 Å². The second-order valence-corrected chi connectivity index (χ2v) is 5.62. The minimum Gasteiger partial charge on any atom is -0.368 e. The van der Waals surface area contributed by atoms with E-state index in [0.717, 1.165) is 19.3 Å². The van der Waals surface area contributed by atoms with E-state index in [1.807, 2.05) is 0 Å². The lowest BCUT2D eigenvalue weighted by Gasteiger charge is -2.30. The number of amides is 1. The van der Waals surface area contributed by atoms with Crippen molar-refractivity contribution in [3.63, 3.8) is 0 Å². The summed E-state index contributed by atoms with van der Waals surface area (Å²) < 4.78 is 5.73. The van der Waals surface area contributed by atoms with Gasteiger partial charge in [-0.2, -0.15) is 0 Å². The third-order valence-electron chi connectivity index (χ3n) is 3.68. The van der Waals surface area contributed by atoms with Gasteiger partial charge in [0.1, 0.15) is 6.61 Å². The predicted octanol–water partition coefficient (Wildman–Crippen LogP) is 2.81. The van der Waals surface area contributed by atoms with Crippen LogP contribution < -0.4 is 11.1 Å². The average molecular weight is 297 g/mol. The molecule has 5 heteroatoms. The first-order valence-corrected chi connectivity index (χ1v) is 7.44. The molecule has 1 amide bonds. The van der Waals surface area contributed by atoms with E-state index in [1.54, 1.807) is 24.3 Å². The maximum Gasteiger partial charge on any atom is 0.250 e. The second kappa shape index (κ2) is 7.62. The van der Waals surface area contributed by atoms with Gasteiger partial charge in [-0.05, 0) is 43.5 Å². The molecule has 2 unspecified atom stereocenters. The first kappa shape index (κ1) is 15.3. The lowest BCUT2D eigenvalue weighted by atomic mass is 9.86. The van der Waals surface area contributed by atoms with Crippen LogP contribution in [0.1, 0.15) is 25.7 Å². The number of hydrogen-bond acceptors (Lipinski definition) is 3. The Labute approximate surface area is 124 Å². The van der Waals surface area contributed by atoms with Crippen LogP contribution in [0.4, 0.5) is 5.69 Å². The van der Waals surface area contributed by atoms with Crippen LogP contribution in [0.3, 0.4) is 0 Å². The van der Waals surface area contributed by atoms with Crippen LogP contribution in [0.2, 0.25) is 5.02 Å². The molecule has 2 rings (SSSR count). The highest BCUT2D eigenvalue weighted by molar-refractivity contribution is 6.30. The third kappa shape index (κ3) is 4.47. The molecule has 110 valence electrons. The molecule has 3 N–H and O–H groups in total. The van der Waals surface area contributed by atoms with Gasteiger partial charge in [-0.25, -0.2) is 0 Å². The first-order chi connectivity index (χ1) is 9.69.